The van der Waals surface area contributed by atoms with Crippen molar-refractivity contribution >= 4 is 17.5 Å². The lowest BCUT2D eigenvalue weighted by molar-refractivity contribution is 0.102. The van der Waals surface area contributed by atoms with Gasteiger partial charge in [0.15, 0.2) is 0 Å². The minimum Gasteiger partial charge on any atom is -0.348 e. The Morgan fingerprint density at radius 1 is 0.923 bits per heavy atom. The minimum absolute atomic E-state index is 0.0745. The third-order valence-corrected chi connectivity index (χ3v) is 4.28. The summed E-state index contributed by atoms with van der Waals surface area (Å²) >= 11 is 0. The van der Waals surface area contributed by atoms with Crippen molar-refractivity contribution in [2.24, 2.45) is 0 Å². The van der Waals surface area contributed by atoms with Crippen LogP contribution >= 0.6 is 0 Å². The molecular weight excluding hydrogens is 324 g/mol. The van der Waals surface area contributed by atoms with Gasteiger partial charge in [-0.05, 0) is 37.5 Å². The first-order valence-electron chi connectivity index (χ1n) is 8.55. The van der Waals surface area contributed by atoms with E-state index in [1.165, 1.54) is 12.4 Å². The van der Waals surface area contributed by atoms with Gasteiger partial charge >= 0.3 is 0 Å². The van der Waals surface area contributed by atoms with E-state index in [9.17, 15) is 4.79 Å². The number of aromatic nitrogens is 2. The molecule has 0 saturated heterocycles. The number of nitrogens with one attached hydrogen (secondary N) is 2. The average molecular weight is 346 g/mol. The van der Waals surface area contributed by atoms with Crippen molar-refractivity contribution < 1.29 is 4.79 Å². The van der Waals surface area contributed by atoms with Crippen LogP contribution in [0.5, 0.6) is 0 Å². The van der Waals surface area contributed by atoms with Gasteiger partial charge in [-0.3, -0.25) is 4.79 Å². The summed E-state index contributed by atoms with van der Waals surface area (Å²) < 4.78 is 0. The second-order valence-corrected chi connectivity index (χ2v) is 6.29. The van der Waals surface area contributed by atoms with E-state index in [4.69, 9.17) is 0 Å². The summed E-state index contributed by atoms with van der Waals surface area (Å²) in [7, 11) is 0. The topological polar surface area (TPSA) is 66.9 Å². The Bertz CT molecular complexity index is 871. The van der Waals surface area contributed by atoms with Crippen LogP contribution in [0, 0.1) is 13.8 Å². The maximum absolute atomic E-state index is 12.5. The number of anilines is 2. The number of rotatable bonds is 5. The van der Waals surface area contributed by atoms with Crippen molar-refractivity contribution in [1.29, 1.82) is 0 Å². The predicted molar refractivity (Wildman–Crippen MR) is 104 cm³/mol. The number of carbonyl (C=O) groups excluding carboxylic acids is 1. The van der Waals surface area contributed by atoms with Crippen LogP contribution < -0.4 is 10.6 Å². The van der Waals surface area contributed by atoms with Crippen LogP contribution in [0.25, 0.3) is 0 Å². The van der Waals surface area contributed by atoms with Crippen LogP contribution in [0.15, 0.2) is 60.9 Å². The van der Waals surface area contributed by atoms with E-state index in [0.29, 0.717) is 11.5 Å². The number of aryl methyl sites for hydroxylation is 2. The molecule has 1 atom stereocenters. The number of nitrogens with zero attached hydrogens (tertiary/aromatic N) is 2. The Morgan fingerprint density at radius 3 is 2.15 bits per heavy atom. The Kier molecular flexibility index (Phi) is 5.27. The summed E-state index contributed by atoms with van der Waals surface area (Å²) in [6.07, 6.45) is 3.08. The third-order valence-electron chi connectivity index (χ3n) is 4.28. The molecule has 5 heteroatoms. The molecule has 5 nitrogen and oxygen atoms in total. The molecule has 26 heavy (non-hydrogen) atoms. The Hall–Kier alpha value is -3.21. The number of para-hydroxylation sites is 1. The molecule has 2 N–H and O–H groups in total. The Balaban J connectivity index is 1.68. The van der Waals surface area contributed by atoms with Gasteiger partial charge in [-0.25, -0.2) is 9.97 Å². The molecule has 0 saturated carbocycles. The second-order valence-electron chi connectivity index (χ2n) is 6.29. The normalized spacial score (nSPS) is 11.7. The molecule has 1 amide bonds. The molecule has 0 aliphatic carbocycles. The zero-order valence-electron chi connectivity index (χ0n) is 15.2. The van der Waals surface area contributed by atoms with Crippen molar-refractivity contribution in [2.45, 2.75) is 26.8 Å². The van der Waals surface area contributed by atoms with Crippen LogP contribution in [0.3, 0.4) is 0 Å². The molecule has 0 bridgehead atoms. The highest BCUT2D eigenvalue weighted by Gasteiger charge is 2.12. The first kappa shape index (κ1) is 17.6. The zero-order chi connectivity index (χ0) is 18.5. The van der Waals surface area contributed by atoms with Gasteiger partial charge in [-0.2, -0.15) is 0 Å². The Labute approximate surface area is 153 Å². The van der Waals surface area contributed by atoms with Crippen molar-refractivity contribution in [3.8, 4) is 0 Å². The van der Waals surface area contributed by atoms with E-state index in [0.717, 1.165) is 22.4 Å². The quantitative estimate of drug-likeness (QED) is 0.713. The summed E-state index contributed by atoms with van der Waals surface area (Å²) in [6, 6.07) is 16.0. The second kappa shape index (κ2) is 7.78. The maximum atomic E-state index is 12.5. The van der Waals surface area contributed by atoms with Crippen molar-refractivity contribution in [1.82, 2.24) is 9.97 Å². The molecule has 0 aliphatic heterocycles. The largest absolute Gasteiger partial charge is 0.348 e. The number of hydrogen-bond acceptors (Lipinski definition) is 4. The number of hydrogen-bond donors (Lipinski definition) is 2. The highest BCUT2D eigenvalue weighted by Crippen LogP contribution is 2.20. The lowest BCUT2D eigenvalue weighted by Crippen LogP contribution is -2.15. The van der Waals surface area contributed by atoms with E-state index in [-0.39, 0.29) is 11.9 Å². The monoisotopic (exact) mass is 346 g/mol. The van der Waals surface area contributed by atoms with E-state index in [2.05, 4.69) is 20.6 Å². The molecule has 3 aromatic rings. The summed E-state index contributed by atoms with van der Waals surface area (Å²) in [6.45, 7) is 5.98. The fraction of sp³-hybridized carbons (Fsp3) is 0.190. The summed E-state index contributed by atoms with van der Waals surface area (Å²) in [5.74, 6) is 0.273. The van der Waals surface area contributed by atoms with Crippen molar-refractivity contribution in [3.05, 3.63) is 83.2 Å². The van der Waals surface area contributed by atoms with E-state index >= 15 is 0 Å². The van der Waals surface area contributed by atoms with Gasteiger partial charge in [0.05, 0.1) is 11.6 Å². The first-order valence-corrected chi connectivity index (χ1v) is 8.55. The van der Waals surface area contributed by atoms with Gasteiger partial charge in [0.2, 0.25) is 5.95 Å². The summed E-state index contributed by atoms with van der Waals surface area (Å²) in [5.41, 5.74) is 4.44. The molecule has 0 radical (unpaired) electrons. The van der Waals surface area contributed by atoms with E-state index in [1.807, 2.05) is 69.3 Å². The average Bonchev–Trinajstić information content (AvgIpc) is 2.66. The smallest absolute Gasteiger partial charge is 0.258 e. The summed E-state index contributed by atoms with van der Waals surface area (Å²) in [5, 5.41) is 6.18. The van der Waals surface area contributed by atoms with Gasteiger partial charge in [0.25, 0.3) is 5.91 Å². The van der Waals surface area contributed by atoms with Crippen LogP contribution in [0.4, 0.5) is 11.6 Å². The van der Waals surface area contributed by atoms with Crippen molar-refractivity contribution in [3.63, 3.8) is 0 Å². The molecular formula is C21H22N4O. The SMILES string of the molecule is Cc1cccc(C)c1NC(=O)c1cnc(NC(C)c2ccccc2)nc1. The molecule has 0 fully saturated rings. The van der Waals surface area contributed by atoms with Crippen LogP contribution in [0.1, 0.15) is 40.0 Å². The lowest BCUT2D eigenvalue weighted by atomic mass is 10.1. The number of carbonyl (C=O) groups is 1. The van der Waals surface area contributed by atoms with Crippen molar-refractivity contribution in [2.75, 3.05) is 10.6 Å². The van der Waals surface area contributed by atoms with Crippen LogP contribution in [-0.4, -0.2) is 15.9 Å². The minimum atomic E-state index is -0.218. The molecule has 0 spiro atoms. The standard InChI is InChI=1S/C21H22N4O/c1-14-8-7-9-15(2)19(14)25-20(26)18-12-22-21(23-13-18)24-16(3)17-10-5-4-6-11-17/h4-13,16H,1-3H3,(H,25,26)(H,22,23,24). The van der Waals surface area contributed by atoms with Gasteiger partial charge in [-0.1, -0.05) is 48.5 Å². The van der Waals surface area contributed by atoms with E-state index in [1.54, 1.807) is 0 Å². The first-order chi connectivity index (χ1) is 12.5. The molecule has 132 valence electrons. The fourth-order valence-electron chi connectivity index (χ4n) is 2.74. The Morgan fingerprint density at radius 2 is 1.54 bits per heavy atom. The predicted octanol–water partition coefficient (Wildman–Crippen LogP) is 4.52. The maximum Gasteiger partial charge on any atom is 0.258 e. The molecule has 0 aliphatic rings. The van der Waals surface area contributed by atoms with Gasteiger partial charge in [0, 0.05) is 18.1 Å². The lowest BCUT2D eigenvalue weighted by Gasteiger charge is -2.14. The number of amides is 1. The van der Waals surface area contributed by atoms with Gasteiger partial charge < -0.3 is 10.6 Å². The molecule has 1 heterocycles. The van der Waals surface area contributed by atoms with Crippen LogP contribution in [-0.2, 0) is 0 Å². The van der Waals surface area contributed by atoms with E-state index < -0.39 is 0 Å². The third kappa shape index (κ3) is 4.06. The molecule has 2 aromatic carbocycles. The van der Waals surface area contributed by atoms with Crippen LogP contribution in [0.2, 0.25) is 0 Å². The molecule has 1 unspecified atom stereocenters. The fourth-order valence-corrected chi connectivity index (χ4v) is 2.74. The van der Waals surface area contributed by atoms with Gasteiger partial charge in [-0.15, -0.1) is 0 Å². The molecule has 1 aromatic heterocycles. The highest BCUT2D eigenvalue weighted by molar-refractivity contribution is 6.04. The zero-order valence-corrected chi connectivity index (χ0v) is 15.2. The number of benzene rings is 2. The highest BCUT2D eigenvalue weighted by atomic mass is 16.1. The van der Waals surface area contributed by atoms with Gasteiger partial charge in [0.1, 0.15) is 0 Å². The molecule has 3 rings (SSSR count). The summed E-state index contributed by atoms with van der Waals surface area (Å²) in [4.78, 5) is 21.0.